The maximum Gasteiger partial charge on any atom is 0.251 e. The number of amides is 2. The lowest BCUT2D eigenvalue weighted by Crippen LogP contribution is -2.33. The molecule has 186 valence electrons. The van der Waals surface area contributed by atoms with Crippen LogP contribution >= 0.6 is 23.1 Å². The Labute approximate surface area is 218 Å². The summed E-state index contributed by atoms with van der Waals surface area (Å²) in [5.74, 6) is 0.553. The molecule has 0 fully saturated rings. The third kappa shape index (κ3) is 6.19. The normalized spacial score (nSPS) is 11.9. The number of hydrogen-bond acceptors (Lipinski definition) is 7. The Morgan fingerprint density at radius 2 is 1.78 bits per heavy atom. The summed E-state index contributed by atoms with van der Waals surface area (Å²) in [6.07, 6.45) is 0. The number of rotatable bonds is 9. The molecule has 8 nitrogen and oxygen atoms in total. The highest BCUT2D eigenvalue weighted by Gasteiger charge is 2.25. The highest BCUT2D eigenvalue weighted by Crippen LogP contribution is 2.26. The summed E-state index contributed by atoms with van der Waals surface area (Å²) in [6, 6.07) is 16.9. The van der Waals surface area contributed by atoms with E-state index in [1.165, 1.54) is 23.1 Å². The monoisotopic (exact) mass is 520 g/mol. The Morgan fingerprint density at radius 1 is 1.06 bits per heavy atom. The van der Waals surface area contributed by atoms with Gasteiger partial charge in [-0.1, -0.05) is 73.6 Å². The van der Waals surface area contributed by atoms with E-state index in [0.29, 0.717) is 21.7 Å². The van der Waals surface area contributed by atoms with Crippen molar-refractivity contribution in [3.63, 3.8) is 0 Å². The smallest absolute Gasteiger partial charge is 0.251 e. The predicted molar refractivity (Wildman–Crippen MR) is 144 cm³/mol. The molecular weight excluding hydrogens is 492 g/mol. The van der Waals surface area contributed by atoms with Gasteiger partial charge < -0.3 is 15.2 Å². The van der Waals surface area contributed by atoms with Crippen LogP contribution in [0.4, 0.5) is 5.13 Å². The minimum Gasteiger partial charge on any atom is -0.342 e. The van der Waals surface area contributed by atoms with Crippen LogP contribution in [0.5, 0.6) is 0 Å². The SMILES string of the molecule is Cc1ccc(C(=O)N[C@@H](c2nnc(SCC(=O)Nc3nc(-c4ccccc4)cs3)n2C)C(C)C)cc1. The van der Waals surface area contributed by atoms with Gasteiger partial charge in [0, 0.05) is 23.6 Å². The van der Waals surface area contributed by atoms with Gasteiger partial charge in [-0.3, -0.25) is 9.59 Å². The molecule has 2 aromatic carbocycles. The van der Waals surface area contributed by atoms with Crippen LogP contribution in [0.25, 0.3) is 11.3 Å². The summed E-state index contributed by atoms with van der Waals surface area (Å²) in [5.41, 5.74) is 3.52. The fraction of sp³-hybridized carbons (Fsp3) is 0.269. The van der Waals surface area contributed by atoms with Crippen molar-refractivity contribution in [1.29, 1.82) is 0 Å². The molecule has 0 radical (unpaired) electrons. The third-order valence-electron chi connectivity index (χ3n) is 5.57. The predicted octanol–water partition coefficient (Wildman–Crippen LogP) is 5.10. The number of carbonyl (C=O) groups excluding carboxylic acids is 2. The van der Waals surface area contributed by atoms with Gasteiger partial charge in [0.05, 0.1) is 17.5 Å². The van der Waals surface area contributed by atoms with E-state index in [-0.39, 0.29) is 29.5 Å². The van der Waals surface area contributed by atoms with Crippen molar-refractivity contribution < 1.29 is 9.59 Å². The molecular formula is C26H28N6O2S2. The first kappa shape index (κ1) is 25.6. The first-order valence-corrected chi connectivity index (χ1v) is 13.4. The van der Waals surface area contributed by atoms with Crippen molar-refractivity contribution >= 4 is 40.0 Å². The van der Waals surface area contributed by atoms with E-state index in [4.69, 9.17) is 0 Å². The van der Waals surface area contributed by atoms with Gasteiger partial charge >= 0.3 is 0 Å². The number of thioether (sulfide) groups is 1. The van der Waals surface area contributed by atoms with Crippen LogP contribution in [-0.2, 0) is 11.8 Å². The molecule has 0 unspecified atom stereocenters. The Bertz CT molecular complexity index is 1330. The average molecular weight is 521 g/mol. The van der Waals surface area contributed by atoms with E-state index >= 15 is 0 Å². The second-order valence-electron chi connectivity index (χ2n) is 8.70. The van der Waals surface area contributed by atoms with E-state index in [9.17, 15) is 9.59 Å². The summed E-state index contributed by atoms with van der Waals surface area (Å²) in [6.45, 7) is 6.02. The molecule has 2 amide bonds. The molecule has 0 saturated carbocycles. The Hall–Kier alpha value is -3.50. The number of hydrogen-bond donors (Lipinski definition) is 2. The van der Waals surface area contributed by atoms with E-state index in [2.05, 4.69) is 25.8 Å². The van der Waals surface area contributed by atoms with Crippen molar-refractivity contribution in [1.82, 2.24) is 25.1 Å². The van der Waals surface area contributed by atoms with Gasteiger partial charge in [0.15, 0.2) is 16.1 Å². The van der Waals surface area contributed by atoms with E-state index in [0.717, 1.165) is 16.8 Å². The minimum absolute atomic E-state index is 0.0900. The van der Waals surface area contributed by atoms with E-state index in [1.807, 2.05) is 92.4 Å². The van der Waals surface area contributed by atoms with Crippen LogP contribution in [0.15, 0.2) is 65.1 Å². The number of nitrogens with zero attached hydrogens (tertiary/aromatic N) is 4. The topological polar surface area (TPSA) is 102 Å². The van der Waals surface area contributed by atoms with Crippen molar-refractivity contribution in [2.75, 3.05) is 11.1 Å². The van der Waals surface area contributed by atoms with Gasteiger partial charge in [-0.2, -0.15) is 0 Å². The first-order valence-electron chi connectivity index (χ1n) is 11.5. The largest absolute Gasteiger partial charge is 0.342 e. The van der Waals surface area contributed by atoms with Crippen LogP contribution in [-0.4, -0.2) is 37.3 Å². The molecule has 2 aromatic heterocycles. The van der Waals surface area contributed by atoms with Crippen LogP contribution in [0.2, 0.25) is 0 Å². The molecule has 4 aromatic rings. The molecule has 10 heteroatoms. The number of aryl methyl sites for hydroxylation is 1. The molecule has 2 heterocycles. The molecule has 36 heavy (non-hydrogen) atoms. The average Bonchev–Trinajstić information content (AvgIpc) is 3.48. The van der Waals surface area contributed by atoms with Gasteiger partial charge in [-0.05, 0) is 25.0 Å². The minimum atomic E-state index is -0.328. The lowest BCUT2D eigenvalue weighted by molar-refractivity contribution is -0.113. The molecule has 1 atom stereocenters. The van der Waals surface area contributed by atoms with E-state index in [1.54, 1.807) is 0 Å². The Morgan fingerprint density at radius 3 is 2.47 bits per heavy atom. The molecule has 4 rings (SSSR count). The Kier molecular flexibility index (Phi) is 8.17. The summed E-state index contributed by atoms with van der Waals surface area (Å²) >= 11 is 2.67. The molecule has 0 aliphatic heterocycles. The first-order chi connectivity index (χ1) is 17.3. The van der Waals surface area contributed by atoms with Crippen molar-refractivity contribution in [2.45, 2.75) is 32.0 Å². The number of aromatic nitrogens is 4. The lowest BCUT2D eigenvalue weighted by atomic mass is 10.0. The molecule has 0 aliphatic carbocycles. The van der Waals surface area contributed by atoms with E-state index < -0.39 is 0 Å². The molecule has 2 N–H and O–H groups in total. The molecule has 0 bridgehead atoms. The Balaban J connectivity index is 1.37. The van der Waals surface area contributed by atoms with Crippen LogP contribution in [0.3, 0.4) is 0 Å². The fourth-order valence-electron chi connectivity index (χ4n) is 3.54. The maximum absolute atomic E-state index is 12.8. The summed E-state index contributed by atoms with van der Waals surface area (Å²) in [4.78, 5) is 29.9. The summed E-state index contributed by atoms with van der Waals surface area (Å²) in [7, 11) is 1.84. The summed E-state index contributed by atoms with van der Waals surface area (Å²) in [5, 5.41) is 17.6. The number of benzene rings is 2. The zero-order valence-corrected chi connectivity index (χ0v) is 22.2. The second-order valence-corrected chi connectivity index (χ2v) is 10.5. The van der Waals surface area contributed by atoms with Crippen LogP contribution in [0.1, 0.15) is 41.6 Å². The van der Waals surface area contributed by atoms with Gasteiger partial charge in [0.2, 0.25) is 5.91 Å². The van der Waals surface area contributed by atoms with Crippen molar-refractivity contribution in [3.8, 4) is 11.3 Å². The van der Waals surface area contributed by atoms with Gasteiger partial charge in [-0.25, -0.2) is 4.98 Å². The van der Waals surface area contributed by atoms with Gasteiger partial charge in [-0.15, -0.1) is 21.5 Å². The molecule has 0 saturated heterocycles. The van der Waals surface area contributed by atoms with Crippen LogP contribution < -0.4 is 10.6 Å². The lowest BCUT2D eigenvalue weighted by Gasteiger charge is -2.21. The quantitative estimate of drug-likeness (QED) is 0.298. The highest BCUT2D eigenvalue weighted by molar-refractivity contribution is 7.99. The number of thiazole rings is 1. The fourth-order valence-corrected chi connectivity index (χ4v) is 4.99. The summed E-state index contributed by atoms with van der Waals surface area (Å²) < 4.78 is 1.83. The van der Waals surface area contributed by atoms with Gasteiger partial charge in [0.25, 0.3) is 5.91 Å². The number of nitrogens with one attached hydrogen (secondary N) is 2. The maximum atomic E-state index is 12.8. The number of carbonyl (C=O) groups is 2. The third-order valence-corrected chi connectivity index (χ3v) is 7.34. The number of anilines is 1. The zero-order chi connectivity index (χ0) is 25.7. The van der Waals surface area contributed by atoms with Gasteiger partial charge in [0.1, 0.15) is 0 Å². The second kappa shape index (κ2) is 11.5. The van der Waals surface area contributed by atoms with Crippen LogP contribution in [0, 0.1) is 12.8 Å². The van der Waals surface area contributed by atoms with Crippen molar-refractivity contribution in [2.24, 2.45) is 13.0 Å². The zero-order valence-electron chi connectivity index (χ0n) is 20.6. The highest BCUT2D eigenvalue weighted by atomic mass is 32.2. The molecule has 0 spiro atoms. The standard InChI is InChI=1S/C26H28N6O2S2/c1-16(2)22(29-24(34)19-12-10-17(3)11-13-19)23-30-31-26(32(23)4)36-15-21(33)28-25-27-20(14-35-25)18-8-6-5-7-9-18/h5-14,16,22H,15H2,1-4H3,(H,29,34)(H,27,28,33)/t22-/m1/s1. The molecule has 0 aliphatic rings. The van der Waals surface area contributed by atoms with Crippen molar-refractivity contribution in [3.05, 3.63) is 76.9 Å².